The van der Waals surface area contributed by atoms with Gasteiger partial charge in [-0.3, -0.25) is 19.1 Å². The van der Waals surface area contributed by atoms with Crippen LogP contribution in [-0.2, 0) is 12.1 Å². The number of nitrogens with zero attached hydrogens (tertiary/aromatic N) is 7. The van der Waals surface area contributed by atoms with E-state index >= 15 is 0 Å². The number of rotatable bonds is 9. The van der Waals surface area contributed by atoms with E-state index < -0.39 is 22.8 Å². The number of nitrogens with one attached hydrogen (secondary N) is 1. The second-order valence-electron chi connectivity index (χ2n) is 12.5. The molecule has 1 saturated heterocycles. The molecule has 2 aliphatic heterocycles. The average Bonchev–Trinajstić information content (AvgIpc) is 3.77. The Balaban J connectivity index is 1.01. The normalized spacial score (nSPS) is 15.9. The lowest BCUT2D eigenvalue weighted by Gasteiger charge is -2.44. The number of likely N-dealkylation sites (tertiary alicyclic amines) is 1. The lowest BCUT2D eigenvalue weighted by atomic mass is 9.90. The fourth-order valence-electron chi connectivity index (χ4n) is 6.67. The third-order valence-corrected chi connectivity index (χ3v) is 10.1. The van der Waals surface area contributed by atoms with Crippen molar-refractivity contribution in [2.45, 2.75) is 18.2 Å². The highest BCUT2D eigenvalue weighted by Crippen LogP contribution is 2.39. The molecule has 6 aromatic rings. The lowest BCUT2D eigenvalue weighted by molar-refractivity contribution is -0.0427. The van der Waals surface area contributed by atoms with Crippen LogP contribution in [0.5, 0.6) is 5.75 Å². The van der Waals surface area contributed by atoms with Gasteiger partial charge >= 0.3 is 0 Å². The van der Waals surface area contributed by atoms with Gasteiger partial charge in [0.2, 0.25) is 0 Å². The van der Waals surface area contributed by atoms with Gasteiger partial charge in [-0.25, -0.2) is 23.4 Å². The highest BCUT2D eigenvalue weighted by molar-refractivity contribution is 7.20. The van der Waals surface area contributed by atoms with Crippen molar-refractivity contribution < 1.29 is 23.4 Å². The van der Waals surface area contributed by atoms with Gasteiger partial charge in [0.15, 0.2) is 5.82 Å². The Hall–Kier alpha value is -5.71. The predicted octanol–water partition coefficient (Wildman–Crippen LogP) is 3.43. The number of halogens is 2. The van der Waals surface area contributed by atoms with E-state index in [2.05, 4.69) is 25.3 Å². The first-order valence-corrected chi connectivity index (χ1v) is 16.9. The van der Waals surface area contributed by atoms with Crippen LogP contribution < -0.4 is 26.2 Å². The van der Waals surface area contributed by atoms with Crippen LogP contribution in [-0.4, -0.2) is 79.1 Å². The molecule has 0 radical (unpaired) electrons. The predicted molar refractivity (Wildman–Crippen MR) is 187 cm³/mol. The minimum Gasteiger partial charge on any atom is -0.490 e. The van der Waals surface area contributed by atoms with Crippen LogP contribution in [0, 0.1) is 11.6 Å². The maximum atomic E-state index is 14.9. The number of nitrogens with two attached hydrogens (primary N) is 1. The zero-order chi connectivity index (χ0) is 35.3. The van der Waals surface area contributed by atoms with E-state index in [0.29, 0.717) is 52.9 Å². The van der Waals surface area contributed by atoms with Crippen LogP contribution >= 0.6 is 11.3 Å². The minimum atomic E-state index is -1.76. The SMILES string of the molecule is Nc1nc2sc(C(=O)NC3CN(CC(O)(Cn4cncn4)c4ccc(F)cc4F)C3)cc2n(-c2ccc3c(c2)N(c2ccccc2)CCO3)c1=O. The summed E-state index contributed by atoms with van der Waals surface area (Å²) in [6, 6.07) is 19.7. The topological polar surface area (TPSA) is 157 Å². The zero-order valence-electron chi connectivity index (χ0n) is 26.9. The number of hydrogen-bond donors (Lipinski definition) is 3. The Bertz CT molecular complexity index is 2310. The van der Waals surface area contributed by atoms with E-state index in [1.165, 1.54) is 28.0 Å². The largest absolute Gasteiger partial charge is 0.490 e. The van der Waals surface area contributed by atoms with E-state index in [0.717, 1.165) is 34.8 Å². The number of β-amino-alcohol motifs (C(OH)–C–C–N with tert-alkyl or cyclic N) is 1. The molecule has 0 aliphatic carbocycles. The molecule has 5 heterocycles. The summed E-state index contributed by atoms with van der Waals surface area (Å²) in [6.07, 6.45) is 2.70. The first-order valence-electron chi connectivity index (χ1n) is 16.1. The van der Waals surface area contributed by atoms with Gasteiger partial charge < -0.3 is 25.8 Å². The molecule has 51 heavy (non-hydrogen) atoms. The van der Waals surface area contributed by atoms with E-state index in [-0.39, 0.29) is 36.4 Å². The summed E-state index contributed by atoms with van der Waals surface area (Å²) in [5, 5.41) is 18.7. The van der Waals surface area contributed by atoms with E-state index in [1.807, 2.05) is 47.4 Å². The molecule has 8 rings (SSSR count). The second kappa shape index (κ2) is 12.9. The molecular formula is C35H31F2N9O4S. The Labute approximate surface area is 293 Å². The quantitative estimate of drug-likeness (QED) is 0.203. The third kappa shape index (κ3) is 6.17. The monoisotopic (exact) mass is 711 g/mol. The van der Waals surface area contributed by atoms with Crippen molar-refractivity contribution in [1.82, 2.24) is 34.5 Å². The number of thiophene rings is 1. The molecule has 0 bridgehead atoms. The first-order chi connectivity index (χ1) is 24.6. The van der Waals surface area contributed by atoms with Crippen molar-refractivity contribution in [2.24, 2.45) is 0 Å². The highest BCUT2D eigenvalue weighted by Gasteiger charge is 2.40. The molecular weight excluding hydrogens is 681 g/mol. The number of ether oxygens (including phenoxy) is 1. The van der Waals surface area contributed by atoms with Gasteiger partial charge in [0.05, 0.1) is 40.9 Å². The molecule has 0 saturated carbocycles. The van der Waals surface area contributed by atoms with Crippen LogP contribution in [0.15, 0.2) is 90.2 Å². The van der Waals surface area contributed by atoms with Gasteiger partial charge in [-0.05, 0) is 42.5 Å². The van der Waals surface area contributed by atoms with Crippen molar-refractivity contribution in [1.29, 1.82) is 0 Å². The number of carbonyl (C=O) groups is 1. The Morgan fingerprint density at radius 1 is 1.06 bits per heavy atom. The number of para-hydroxylation sites is 1. The molecule has 260 valence electrons. The second-order valence-corrected chi connectivity index (χ2v) is 13.6. The lowest BCUT2D eigenvalue weighted by Crippen LogP contribution is -2.62. The maximum Gasteiger partial charge on any atom is 0.298 e. The summed E-state index contributed by atoms with van der Waals surface area (Å²) in [4.78, 5) is 39.9. The van der Waals surface area contributed by atoms with Crippen molar-refractivity contribution in [2.75, 3.05) is 43.4 Å². The van der Waals surface area contributed by atoms with Gasteiger partial charge in [0.25, 0.3) is 11.5 Å². The molecule has 3 aromatic carbocycles. The molecule has 0 spiro atoms. The Morgan fingerprint density at radius 2 is 1.88 bits per heavy atom. The van der Waals surface area contributed by atoms with Crippen LogP contribution in [0.2, 0.25) is 0 Å². The van der Waals surface area contributed by atoms with Crippen molar-refractivity contribution >= 4 is 44.8 Å². The standard InChI is InChI=1S/C35H31F2N9O4S/c36-21-6-8-25(26(37)12-21)35(49,18-44-20-39-19-40-44)17-43-15-22(16-43)41-32(47)30-14-28-33(51-30)42-31(38)34(48)46(28)24-7-9-29-27(13-24)45(10-11-50-29)23-4-2-1-3-5-23/h1-9,12-14,19-20,22,49H,10-11,15-18H2,(H2,38,42)(H,41,47). The number of aliphatic hydroxyl groups is 1. The smallest absolute Gasteiger partial charge is 0.298 e. The van der Waals surface area contributed by atoms with Crippen molar-refractivity contribution in [3.05, 3.63) is 118 Å². The number of amides is 1. The molecule has 16 heteroatoms. The number of fused-ring (bicyclic) bond motifs is 2. The van der Waals surface area contributed by atoms with Gasteiger partial charge in [-0.1, -0.05) is 24.3 Å². The maximum absolute atomic E-state index is 14.9. The third-order valence-electron chi connectivity index (χ3n) is 9.03. The summed E-state index contributed by atoms with van der Waals surface area (Å²) >= 11 is 1.11. The van der Waals surface area contributed by atoms with E-state index in [9.17, 15) is 23.5 Å². The van der Waals surface area contributed by atoms with Crippen molar-refractivity contribution in [3.8, 4) is 11.4 Å². The summed E-state index contributed by atoms with van der Waals surface area (Å²) < 4.78 is 37.3. The molecule has 1 amide bonds. The number of carbonyl (C=O) groups excluding carboxylic acids is 1. The molecule has 1 fully saturated rings. The van der Waals surface area contributed by atoms with Crippen LogP contribution in [0.25, 0.3) is 16.0 Å². The first kappa shape index (κ1) is 32.5. The Kier molecular flexibility index (Phi) is 8.20. The fourth-order valence-corrected chi connectivity index (χ4v) is 7.60. The van der Waals surface area contributed by atoms with Crippen LogP contribution in [0.4, 0.5) is 26.0 Å². The van der Waals surface area contributed by atoms with Gasteiger partial charge in [0.1, 0.15) is 47.1 Å². The van der Waals surface area contributed by atoms with Gasteiger partial charge in [0, 0.05) is 37.0 Å². The molecule has 2 aliphatic rings. The molecule has 1 unspecified atom stereocenters. The van der Waals surface area contributed by atoms with Gasteiger partial charge in [-0.15, -0.1) is 11.3 Å². The summed E-state index contributed by atoms with van der Waals surface area (Å²) in [6.45, 7) is 1.73. The molecule has 1 atom stereocenters. The summed E-state index contributed by atoms with van der Waals surface area (Å²) in [7, 11) is 0. The minimum absolute atomic E-state index is 0.00629. The number of benzene rings is 3. The van der Waals surface area contributed by atoms with Crippen LogP contribution in [0.1, 0.15) is 15.2 Å². The summed E-state index contributed by atoms with van der Waals surface area (Å²) in [5.74, 6) is -1.51. The summed E-state index contributed by atoms with van der Waals surface area (Å²) in [5.41, 5.74) is 6.49. The highest BCUT2D eigenvalue weighted by atomic mass is 32.1. The van der Waals surface area contributed by atoms with E-state index in [1.54, 1.807) is 12.1 Å². The van der Waals surface area contributed by atoms with E-state index in [4.69, 9.17) is 10.5 Å². The van der Waals surface area contributed by atoms with Crippen LogP contribution in [0.3, 0.4) is 0 Å². The number of nitrogen functional groups attached to an aromatic ring is 1. The van der Waals surface area contributed by atoms with Gasteiger partial charge in [-0.2, -0.15) is 5.10 Å². The number of aromatic nitrogens is 5. The average molecular weight is 712 g/mol. The molecule has 13 nitrogen and oxygen atoms in total. The molecule has 4 N–H and O–H groups in total. The Morgan fingerprint density at radius 3 is 2.65 bits per heavy atom. The fraction of sp³-hybridized carbons (Fsp3) is 0.229. The number of anilines is 3. The molecule has 3 aromatic heterocycles. The zero-order valence-corrected chi connectivity index (χ0v) is 27.8. The van der Waals surface area contributed by atoms with Crippen molar-refractivity contribution in [3.63, 3.8) is 0 Å². The number of hydrogen-bond acceptors (Lipinski definition) is 11.